The van der Waals surface area contributed by atoms with Crippen LogP contribution in [0.2, 0.25) is 0 Å². The first-order chi connectivity index (χ1) is 20.2. The van der Waals surface area contributed by atoms with Gasteiger partial charge < -0.3 is 25.3 Å². The molecule has 3 heterocycles. The van der Waals surface area contributed by atoms with E-state index >= 15 is 0 Å². The van der Waals surface area contributed by atoms with Gasteiger partial charge in [0.05, 0.1) is 18.0 Å². The Morgan fingerprint density at radius 1 is 1.14 bits per heavy atom. The second-order valence-electron chi connectivity index (χ2n) is 11.4. The van der Waals surface area contributed by atoms with E-state index in [9.17, 15) is 24.6 Å². The number of aryl methyl sites for hydroxylation is 1. The lowest BCUT2D eigenvalue weighted by atomic mass is 9.83. The average molecular weight is 587 g/mol. The first-order valence-electron chi connectivity index (χ1n) is 14.2. The number of likely N-dealkylation sites (tertiary alicyclic amines) is 1. The summed E-state index contributed by atoms with van der Waals surface area (Å²) < 4.78 is 0. The molecule has 2 aliphatic heterocycles. The molecule has 2 fully saturated rings. The van der Waals surface area contributed by atoms with Crippen LogP contribution < -0.4 is 5.32 Å². The van der Waals surface area contributed by atoms with Gasteiger partial charge in [-0.15, -0.1) is 11.8 Å². The molecule has 0 spiro atoms. The topological polar surface area (TPSA) is 123 Å². The third kappa shape index (κ3) is 4.72. The summed E-state index contributed by atoms with van der Waals surface area (Å²) in [5.41, 5.74) is 3.57. The summed E-state index contributed by atoms with van der Waals surface area (Å²) in [6, 6.07) is 16.1. The van der Waals surface area contributed by atoms with E-state index in [0.717, 1.165) is 36.1 Å². The molecular formula is C32H34N4O5S. The zero-order valence-corrected chi connectivity index (χ0v) is 24.4. The number of β-lactam (4-membered cyclic amide) rings is 1. The lowest BCUT2D eigenvalue weighted by Crippen LogP contribution is -2.74. The van der Waals surface area contributed by atoms with Crippen molar-refractivity contribution in [3.05, 3.63) is 94.8 Å². The minimum absolute atomic E-state index is 0.0170. The second-order valence-corrected chi connectivity index (χ2v) is 12.7. The second kappa shape index (κ2) is 11.1. The fraction of sp³-hybridized carbons (Fsp3) is 0.375. The number of fused-ring (bicyclic) bond motifs is 2. The van der Waals surface area contributed by atoms with Crippen LogP contribution in [-0.2, 0) is 22.4 Å². The number of nitrogens with zero attached hydrogens (tertiary/aromatic N) is 3. The highest BCUT2D eigenvalue weighted by Crippen LogP contribution is 2.55. The Labute approximate surface area is 248 Å². The maximum absolute atomic E-state index is 13.9. The molecule has 3 aromatic rings. The summed E-state index contributed by atoms with van der Waals surface area (Å²) in [5, 5.41) is 24.4. The fourth-order valence-electron chi connectivity index (χ4n) is 6.56. The van der Waals surface area contributed by atoms with Gasteiger partial charge in [0, 0.05) is 23.0 Å². The molecule has 0 saturated carbocycles. The number of pyridine rings is 1. The number of phenols is 1. The van der Waals surface area contributed by atoms with E-state index in [1.807, 2.05) is 54.3 Å². The molecule has 0 bridgehead atoms. The molecular weight excluding hydrogens is 552 g/mol. The van der Waals surface area contributed by atoms with Crippen LogP contribution in [0.3, 0.4) is 0 Å². The number of aromatic nitrogens is 1. The number of carbonyl (C=O) groups is 3. The molecule has 2 aromatic carbocycles. The lowest BCUT2D eigenvalue weighted by Gasteiger charge is -2.56. The number of hydrogen-bond acceptors (Lipinski definition) is 7. The Morgan fingerprint density at radius 2 is 1.93 bits per heavy atom. The third-order valence-corrected chi connectivity index (χ3v) is 10.2. The molecule has 3 N–H and O–H groups in total. The normalized spacial score (nSPS) is 24.3. The van der Waals surface area contributed by atoms with Crippen molar-refractivity contribution in [3.63, 3.8) is 0 Å². The zero-order valence-electron chi connectivity index (χ0n) is 23.6. The van der Waals surface area contributed by atoms with Crippen molar-refractivity contribution in [2.24, 2.45) is 0 Å². The first-order valence-corrected chi connectivity index (χ1v) is 15.2. The van der Waals surface area contributed by atoms with E-state index < -0.39 is 34.9 Å². The zero-order chi connectivity index (χ0) is 29.6. The molecule has 2 saturated heterocycles. The van der Waals surface area contributed by atoms with Gasteiger partial charge in [0.1, 0.15) is 16.7 Å². The van der Waals surface area contributed by atoms with Crippen LogP contribution in [0.15, 0.2) is 66.9 Å². The number of hydrogen-bond donors (Lipinski definition) is 3. The number of nitrogens with one attached hydrogen (secondary N) is 1. The highest BCUT2D eigenvalue weighted by atomic mass is 32.2. The number of phenolic OH excluding ortho intramolecular Hbond substituents is 1. The Hall–Kier alpha value is -3.89. The molecule has 1 unspecified atom stereocenters. The molecule has 0 radical (unpaired) electrons. The third-order valence-electron chi connectivity index (χ3n) is 8.83. The fourth-order valence-corrected chi connectivity index (χ4v) is 7.98. The quantitative estimate of drug-likeness (QED) is 0.363. The molecule has 1 aliphatic carbocycles. The number of amides is 3. The average Bonchev–Trinajstić information content (AvgIpc) is 3.30. The number of carbonyl (C=O) groups excluding carboxylic acids is 3. The predicted molar refractivity (Wildman–Crippen MR) is 159 cm³/mol. The molecule has 10 heteroatoms. The van der Waals surface area contributed by atoms with Gasteiger partial charge in [0.2, 0.25) is 5.91 Å². The molecule has 3 amide bonds. The van der Waals surface area contributed by atoms with Crippen molar-refractivity contribution < 1.29 is 24.6 Å². The van der Waals surface area contributed by atoms with Crippen LogP contribution in [0.4, 0.5) is 0 Å². The first kappa shape index (κ1) is 28.2. The van der Waals surface area contributed by atoms with Crippen molar-refractivity contribution in [1.29, 1.82) is 0 Å². The number of thioether (sulfide) groups is 1. The summed E-state index contributed by atoms with van der Waals surface area (Å²) in [6.45, 7) is 3.62. The van der Waals surface area contributed by atoms with Crippen LogP contribution in [0.1, 0.15) is 58.5 Å². The van der Waals surface area contributed by atoms with E-state index in [0.29, 0.717) is 5.56 Å². The van der Waals surface area contributed by atoms with Gasteiger partial charge >= 0.3 is 0 Å². The van der Waals surface area contributed by atoms with E-state index in [2.05, 4.69) is 10.3 Å². The number of aromatic hydroxyl groups is 1. The van der Waals surface area contributed by atoms with Gasteiger partial charge in [0.25, 0.3) is 11.8 Å². The number of aliphatic hydroxyl groups excluding tert-OH is 1. The van der Waals surface area contributed by atoms with Gasteiger partial charge in [-0.3, -0.25) is 19.4 Å². The largest absolute Gasteiger partial charge is 0.508 e. The van der Waals surface area contributed by atoms with Gasteiger partial charge in [-0.2, -0.15) is 0 Å². The van der Waals surface area contributed by atoms with E-state index in [1.165, 1.54) is 22.7 Å². The van der Waals surface area contributed by atoms with Crippen LogP contribution >= 0.6 is 11.8 Å². The minimum Gasteiger partial charge on any atom is -0.508 e. The smallest absolute Gasteiger partial charge is 0.255 e. The molecule has 5 atom stereocenters. The van der Waals surface area contributed by atoms with Crippen LogP contribution in [0.5, 0.6) is 5.75 Å². The molecule has 218 valence electrons. The highest BCUT2D eigenvalue weighted by Gasteiger charge is 2.67. The SMILES string of the molecule is Cc1c(O)cccc1C(=O)N[C@@H](Cc1ccccc1)[C@H](O)C(=O)N1CSC2(C)[C@H]1C(=O)N2[C@H]1CCCc2ncccc21. The number of benzene rings is 2. The lowest BCUT2D eigenvalue weighted by molar-refractivity contribution is -0.172. The van der Waals surface area contributed by atoms with Crippen LogP contribution in [-0.4, -0.2) is 71.7 Å². The maximum Gasteiger partial charge on any atom is 0.255 e. The predicted octanol–water partition coefficient (Wildman–Crippen LogP) is 3.34. The highest BCUT2D eigenvalue weighted by molar-refractivity contribution is 8.01. The molecule has 6 rings (SSSR count). The number of aliphatic hydroxyl groups is 1. The summed E-state index contributed by atoms with van der Waals surface area (Å²) >= 11 is 1.52. The molecule has 9 nitrogen and oxygen atoms in total. The Balaban J connectivity index is 1.23. The van der Waals surface area contributed by atoms with Gasteiger partial charge in [-0.05, 0) is 68.9 Å². The van der Waals surface area contributed by atoms with Crippen molar-refractivity contribution in [2.45, 2.75) is 68.6 Å². The molecule has 1 aromatic heterocycles. The van der Waals surface area contributed by atoms with Crippen LogP contribution in [0.25, 0.3) is 0 Å². The maximum atomic E-state index is 13.9. The summed E-state index contributed by atoms with van der Waals surface area (Å²) in [6.07, 6.45) is 3.05. The summed E-state index contributed by atoms with van der Waals surface area (Å²) in [4.78, 5) is 48.1. The Bertz CT molecular complexity index is 1530. The van der Waals surface area contributed by atoms with Crippen molar-refractivity contribution in [1.82, 2.24) is 20.1 Å². The Kier molecular flexibility index (Phi) is 7.44. The van der Waals surface area contributed by atoms with Gasteiger partial charge in [0.15, 0.2) is 6.10 Å². The molecule has 3 aliphatic rings. The van der Waals surface area contributed by atoms with Crippen molar-refractivity contribution in [2.75, 3.05) is 5.88 Å². The van der Waals surface area contributed by atoms with Gasteiger partial charge in [-0.1, -0.05) is 42.5 Å². The summed E-state index contributed by atoms with van der Waals surface area (Å²) in [5.74, 6) is -1.000. The Morgan fingerprint density at radius 3 is 2.71 bits per heavy atom. The minimum atomic E-state index is -1.59. The van der Waals surface area contributed by atoms with E-state index in [1.54, 1.807) is 25.3 Å². The van der Waals surface area contributed by atoms with E-state index in [-0.39, 0.29) is 35.6 Å². The van der Waals surface area contributed by atoms with E-state index in [4.69, 9.17) is 0 Å². The van der Waals surface area contributed by atoms with Gasteiger partial charge in [-0.25, -0.2) is 0 Å². The summed E-state index contributed by atoms with van der Waals surface area (Å²) in [7, 11) is 0. The number of rotatable bonds is 7. The molecule has 42 heavy (non-hydrogen) atoms. The van der Waals surface area contributed by atoms with Crippen molar-refractivity contribution >= 4 is 29.5 Å². The monoisotopic (exact) mass is 586 g/mol. The standard InChI is InChI=1S/C32H34N4O5S/c1-19-21(11-6-15-26(19)37)29(39)34-24(17-20-9-4-3-5-10-20)27(38)30(40)35-18-42-32(2)28(35)31(41)36(32)25-14-7-13-23-22(25)12-8-16-33-23/h3-6,8-12,15-16,24-25,27-28,37-38H,7,13-14,17-18H2,1-2H3,(H,34,39)/t24-,25-,27-,28+,32?/m0/s1. The van der Waals surface area contributed by atoms with Crippen molar-refractivity contribution in [3.8, 4) is 5.75 Å². The van der Waals surface area contributed by atoms with Crippen LogP contribution in [0, 0.1) is 6.92 Å².